The number of carbonyl (C=O) groups is 1. The average molecular weight is 468 g/mol. The Hall–Kier alpha value is -1.81. The van der Waals surface area contributed by atoms with Gasteiger partial charge in [0, 0.05) is 22.8 Å². The summed E-state index contributed by atoms with van der Waals surface area (Å²) in [5.41, 5.74) is 3.22. The third-order valence-corrected chi connectivity index (χ3v) is 9.96. The Labute approximate surface area is 185 Å². The summed E-state index contributed by atoms with van der Waals surface area (Å²) in [6.45, 7) is 0.584. The fourth-order valence-corrected chi connectivity index (χ4v) is 7.98. The molecular weight excluding hydrogens is 441 g/mol. The van der Waals surface area contributed by atoms with E-state index >= 15 is 0 Å². The summed E-state index contributed by atoms with van der Waals surface area (Å²) in [6, 6.07) is 9.70. The van der Waals surface area contributed by atoms with Gasteiger partial charge in [0.1, 0.15) is 10.6 Å². The van der Waals surface area contributed by atoms with Crippen LogP contribution in [-0.2, 0) is 29.0 Å². The van der Waals surface area contributed by atoms with Gasteiger partial charge in [0.15, 0.2) is 16.1 Å². The number of amides is 1. The van der Waals surface area contributed by atoms with Crippen LogP contribution in [0.25, 0.3) is 10.4 Å². The van der Waals surface area contributed by atoms with Gasteiger partial charge < -0.3 is 4.74 Å². The molecule has 0 spiro atoms. The van der Waals surface area contributed by atoms with Gasteiger partial charge in [0.2, 0.25) is 5.91 Å². The number of hydrogen-bond donors (Lipinski definition) is 1. The summed E-state index contributed by atoms with van der Waals surface area (Å²) >= 11 is 1.34. The third-order valence-electron chi connectivity index (χ3n) is 5.91. The van der Waals surface area contributed by atoms with E-state index in [0.29, 0.717) is 30.7 Å². The molecule has 2 saturated heterocycles. The molecular formula is C22H26FNO5S2. The van der Waals surface area contributed by atoms with Gasteiger partial charge >= 0.3 is 0 Å². The van der Waals surface area contributed by atoms with E-state index < -0.39 is 26.8 Å². The molecule has 4 rings (SSSR count). The van der Waals surface area contributed by atoms with Crippen LogP contribution in [-0.4, -0.2) is 33.0 Å². The van der Waals surface area contributed by atoms with Crippen LogP contribution >= 0.6 is 11.3 Å². The molecule has 2 aromatic rings. The number of ether oxygens (including phenoxy) is 1. The predicted molar refractivity (Wildman–Crippen MR) is 116 cm³/mol. The SMILES string of the molecule is O=C(CC1(c2ccc(-c3ccc(F)cc3)s2)CCCCS1(=O)=O)NOC1CCCCO1. The number of benzene rings is 1. The van der Waals surface area contributed by atoms with Crippen molar-refractivity contribution in [2.24, 2.45) is 0 Å². The largest absolute Gasteiger partial charge is 0.350 e. The maximum atomic E-state index is 13.3. The highest BCUT2D eigenvalue weighted by Gasteiger charge is 2.49. The molecule has 0 bridgehead atoms. The van der Waals surface area contributed by atoms with Crippen LogP contribution in [0.4, 0.5) is 4.39 Å². The van der Waals surface area contributed by atoms with E-state index in [-0.39, 0.29) is 18.0 Å². The molecule has 2 atom stereocenters. The number of carbonyl (C=O) groups excluding carboxylic acids is 1. The molecule has 9 heteroatoms. The second-order valence-corrected chi connectivity index (χ2v) is 11.6. The number of rotatable bonds is 6. The van der Waals surface area contributed by atoms with Gasteiger partial charge in [-0.05, 0) is 55.5 Å². The molecule has 1 aromatic carbocycles. The number of sulfone groups is 1. The minimum atomic E-state index is -3.55. The van der Waals surface area contributed by atoms with Crippen molar-refractivity contribution in [3.8, 4) is 10.4 Å². The maximum absolute atomic E-state index is 13.3. The Kier molecular flexibility index (Phi) is 6.76. The molecule has 3 heterocycles. The zero-order valence-corrected chi connectivity index (χ0v) is 18.8. The minimum Gasteiger partial charge on any atom is -0.350 e. The first-order valence-electron chi connectivity index (χ1n) is 10.5. The molecule has 31 heavy (non-hydrogen) atoms. The van der Waals surface area contributed by atoms with E-state index in [4.69, 9.17) is 9.57 Å². The van der Waals surface area contributed by atoms with Gasteiger partial charge in [-0.1, -0.05) is 18.6 Å². The quantitative estimate of drug-likeness (QED) is 0.640. The highest BCUT2D eigenvalue weighted by Crippen LogP contribution is 2.47. The number of hydroxylamine groups is 1. The Morgan fingerprint density at radius 2 is 1.97 bits per heavy atom. The molecule has 1 N–H and O–H groups in total. The Morgan fingerprint density at radius 3 is 2.68 bits per heavy atom. The maximum Gasteiger partial charge on any atom is 0.245 e. The molecule has 2 aliphatic heterocycles. The molecule has 0 saturated carbocycles. The Balaban J connectivity index is 1.57. The molecule has 1 aromatic heterocycles. The van der Waals surface area contributed by atoms with E-state index in [9.17, 15) is 17.6 Å². The molecule has 2 fully saturated rings. The monoisotopic (exact) mass is 467 g/mol. The molecule has 1 amide bonds. The second kappa shape index (κ2) is 9.36. The molecule has 2 aliphatic rings. The van der Waals surface area contributed by atoms with Gasteiger partial charge in [-0.3, -0.25) is 4.79 Å². The fraction of sp³-hybridized carbons (Fsp3) is 0.500. The zero-order valence-electron chi connectivity index (χ0n) is 17.1. The highest BCUT2D eigenvalue weighted by molar-refractivity contribution is 7.92. The first kappa shape index (κ1) is 22.4. The molecule has 0 aliphatic carbocycles. The highest BCUT2D eigenvalue weighted by atomic mass is 32.2. The summed E-state index contributed by atoms with van der Waals surface area (Å²) in [4.78, 5) is 19.6. The molecule has 2 unspecified atom stereocenters. The van der Waals surface area contributed by atoms with Gasteiger partial charge in [-0.2, -0.15) is 0 Å². The van der Waals surface area contributed by atoms with Crippen LogP contribution in [0.2, 0.25) is 0 Å². The van der Waals surface area contributed by atoms with Crippen molar-refractivity contribution in [2.45, 2.75) is 56.0 Å². The van der Waals surface area contributed by atoms with Crippen molar-refractivity contribution in [2.75, 3.05) is 12.4 Å². The summed E-state index contributed by atoms with van der Waals surface area (Å²) < 4.78 is 43.9. The van der Waals surface area contributed by atoms with Crippen molar-refractivity contribution in [1.29, 1.82) is 0 Å². The minimum absolute atomic E-state index is 0.0522. The Morgan fingerprint density at radius 1 is 1.16 bits per heavy atom. The number of halogens is 1. The van der Waals surface area contributed by atoms with Crippen molar-refractivity contribution in [3.63, 3.8) is 0 Å². The summed E-state index contributed by atoms with van der Waals surface area (Å²) in [7, 11) is -3.55. The number of nitrogens with one attached hydrogen (secondary N) is 1. The standard InChI is InChI=1S/C22H26FNO5S2/c23-17-8-6-16(7-9-17)18-10-11-19(30-18)22(12-2-4-14-31(22,26)27)15-20(25)24-29-21-5-1-3-13-28-21/h6-11,21H,1-5,12-15H2,(H,24,25). The van der Waals surface area contributed by atoms with Crippen LogP contribution in [0, 0.1) is 5.82 Å². The lowest BCUT2D eigenvalue weighted by atomic mass is 9.94. The van der Waals surface area contributed by atoms with E-state index in [1.54, 1.807) is 18.2 Å². The Bertz CT molecular complexity index is 1010. The van der Waals surface area contributed by atoms with Crippen LogP contribution in [0.1, 0.15) is 49.8 Å². The average Bonchev–Trinajstić information content (AvgIpc) is 3.26. The van der Waals surface area contributed by atoms with Gasteiger partial charge in [0.25, 0.3) is 0 Å². The molecule has 0 radical (unpaired) electrons. The first-order valence-corrected chi connectivity index (χ1v) is 13.0. The lowest BCUT2D eigenvalue weighted by molar-refractivity contribution is -0.200. The van der Waals surface area contributed by atoms with E-state index in [1.807, 2.05) is 6.07 Å². The first-order chi connectivity index (χ1) is 14.9. The predicted octanol–water partition coefficient (Wildman–Crippen LogP) is 4.31. The summed E-state index contributed by atoms with van der Waals surface area (Å²) in [6.07, 6.45) is 3.61. The van der Waals surface area contributed by atoms with Crippen molar-refractivity contribution in [3.05, 3.63) is 47.1 Å². The van der Waals surface area contributed by atoms with Crippen molar-refractivity contribution < 1.29 is 27.2 Å². The van der Waals surface area contributed by atoms with Crippen molar-refractivity contribution >= 4 is 27.1 Å². The lowest BCUT2D eigenvalue weighted by Gasteiger charge is -2.35. The van der Waals surface area contributed by atoms with Crippen LogP contribution < -0.4 is 5.48 Å². The normalized spacial score (nSPS) is 25.8. The summed E-state index contributed by atoms with van der Waals surface area (Å²) in [5.74, 6) is -0.752. The third kappa shape index (κ3) is 4.84. The zero-order chi connectivity index (χ0) is 21.9. The molecule has 6 nitrogen and oxygen atoms in total. The topological polar surface area (TPSA) is 81.7 Å². The van der Waals surface area contributed by atoms with E-state index in [2.05, 4.69) is 5.48 Å². The van der Waals surface area contributed by atoms with E-state index in [0.717, 1.165) is 29.7 Å². The van der Waals surface area contributed by atoms with Gasteiger partial charge in [-0.15, -0.1) is 11.3 Å². The number of hydrogen-bond acceptors (Lipinski definition) is 6. The van der Waals surface area contributed by atoms with Gasteiger partial charge in [0.05, 0.1) is 12.2 Å². The fourth-order valence-electron chi connectivity index (χ4n) is 4.20. The van der Waals surface area contributed by atoms with Crippen LogP contribution in [0.3, 0.4) is 0 Å². The van der Waals surface area contributed by atoms with Crippen LogP contribution in [0.15, 0.2) is 36.4 Å². The molecule has 168 valence electrons. The second-order valence-electron chi connectivity index (χ2n) is 8.06. The van der Waals surface area contributed by atoms with Gasteiger partial charge in [-0.25, -0.2) is 23.1 Å². The van der Waals surface area contributed by atoms with E-state index in [1.165, 1.54) is 23.5 Å². The summed E-state index contributed by atoms with van der Waals surface area (Å²) in [5, 5.41) is 0. The van der Waals surface area contributed by atoms with Crippen LogP contribution in [0.5, 0.6) is 0 Å². The smallest absolute Gasteiger partial charge is 0.245 e. The number of thiophene rings is 1. The lowest BCUT2D eigenvalue weighted by Crippen LogP contribution is -2.45. The van der Waals surface area contributed by atoms with Crippen molar-refractivity contribution in [1.82, 2.24) is 5.48 Å².